The van der Waals surface area contributed by atoms with Crippen LogP contribution < -0.4 is 10.6 Å². The predicted molar refractivity (Wildman–Crippen MR) is 125 cm³/mol. The largest absolute Gasteiger partial charge is 0.354 e. The first-order chi connectivity index (χ1) is 14.9. The summed E-state index contributed by atoms with van der Waals surface area (Å²) in [5, 5.41) is 6.33. The van der Waals surface area contributed by atoms with Crippen LogP contribution in [0.1, 0.15) is 35.3 Å². The second-order valence-electron chi connectivity index (χ2n) is 7.35. The summed E-state index contributed by atoms with van der Waals surface area (Å²) in [4.78, 5) is 15.2. The van der Waals surface area contributed by atoms with E-state index in [2.05, 4.69) is 35.8 Å². The lowest BCUT2D eigenvalue weighted by Gasteiger charge is -2.22. The van der Waals surface area contributed by atoms with Crippen molar-refractivity contribution in [2.24, 2.45) is 0 Å². The van der Waals surface area contributed by atoms with Crippen LogP contribution in [-0.4, -0.2) is 20.1 Å². The molecule has 1 heterocycles. The zero-order valence-electron chi connectivity index (χ0n) is 17.4. The summed E-state index contributed by atoms with van der Waals surface area (Å²) >= 11 is 1.70. The van der Waals surface area contributed by atoms with Gasteiger partial charge in [0.05, 0.1) is 22.0 Å². The lowest BCUT2D eigenvalue weighted by molar-refractivity contribution is 0.0951. The summed E-state index contributed by atoms with van der Waals surface area (Å²) in [6, 6.07) is 18.7. The second-order valence-corrected chi connectivity index (χ2v) is 10.7. The highest BCUT2D eigenvalue weighted by Crippen LogP contribution is 2.44. The number of anilines is 2. The number of rotatable bonds is 6. The number of carbonyl (C=O) groups is 1. The van der Waals surface area contributed by atoms with Crippen LogP contribution in [0.25, 0.3) is 0 Å². The molecule has 0 fully saturated rings. The molecular weight excluding hydrogens is 428 g/mol. The van der Waals surface area contributed by atoms with E-state index in [0.29, 0.717) is 17.0 Å². The van der Waals surface area contributed by atoms with Gasteiger partial charge in [0.1, 0.15) is 0 Å². The maximum Gasteiger partial charge on any atom is 0.251 e. The van der Waals surface area contributed by atoms with Gasteiger partial charge >= 0.3 is 0 Å². The van der Waals surface area contributed by atoms with Crippen molar-refractivity contribution in [3.63, 3.8) is 0 Å². The smallest absolute Gasteiger partial charge is 0.251 e. The van der Waals surface area contributed by atoms with Gasteiger partial charge in [-0.1, -0.05) is 43.8 Å². The van der Waals surface area contributed by atoms with Crippen LogP contribution in [-0.2, 0) is 22.8 Å². The van der Waals surface area contributed by atoms with E-state index in [1.807, 2.05) is 18.2 Å². The average molecular weight is 453 g/mol. The molecule has 3 aromatic rings. The highest BCUT2D eigenvalue weighted by Gasteiger charge is 2.18. The minimum atomic E-state index is -3.22. The number of nitrogens with one attached hydrogen (secondary N) is 2. The van der Waals surface area contributed by atoms with Crippen molar-refractivity contribution in [2.45, 2.75) is 41.5 Å². The normalized spacial score (nSPS) is 12.5. The molecule has 4 rings (SSSR count). The standard InChI is InChI=1S/C24H24N2O3S2/c1-3-16-7-11-20-23(13-16)30-22-12-8-18(14-21(22)26-20)24(27)25-15-17-5-9-19(10-6-17)31(28,29)4-2/h5-14,26H,3-4,15H2,1-2H3,(H,25,27). The van der Waals surface area contributed by atoms with Crippen molar-refractivity contribution in [1.29, 1.82) is 0 Å². The first-order valence-electron chi connectivity index (χ1n) is 10.2. The van der Waals surface area contributed by atoms with Crippen molar-refractivity contribution in [1.82, 2.24) is 5.32 Å². The lowest BCUT2D eigenvalue weighted by atomic mass is 10.1. The molecule has 7 heteroatoms. The van der Waals surface area contributed by atoms with E-state index in [1.54, 1.807) is 43.0 Å². The van der Waals surface area contributed by atoms with Gasteiger partial charge in [0.25, 0.3) is 5.91 Å². The fourth-order valence-electron chi connectivity index (χ4n) is 3.36. The Bertz CT molecular complexity index is 1240. The van der Waals surface area contributed by atoms with Crippen LogP contribution in [0.3, 0.4) is 0 Å². The molecule has 0 saturated heterocycles. The Morgan fingerprint density at radius 2 is 1.65 bits per heavy atom. The summed E-state index contributed by atoms with van der Waals surface area (Å²) in [6.45, 7) is 4.09. The van der Waals surface area contributed by atoms with E-state index in [4.69, 9.17) is 0 Å². The van der Waals surface area contributed by atoms with Gasteiger partial charge in [-0.15, -0.1) is 0 Å². The monoisotopic (exact) mass is 452 g/mol. The molecule has 5 nitrogen and oxygen atoms in total. The summed E-state index contributed by atoms with van der Waals surface area (Å²) in [5.41, 5.74) is 4.69. The quantitative estimate of drug-likeness (QED) is 0.422. The van der Waals surface area contributed by atoms with Crippen LogP contribution in [0.2, 0.25) is 0 Å². The number of fused-ring (bicyclic) bond motifs is 2. The SMILES string of the molecule is CCc1ccc2c(c1)Sc1ccc(C(=O)NCc3ccc(S(=O)(=O)CC)cc3)cc1N2. The van der Waals surface area contributed by atoms with Gasteiger partial charge in [-0.05, 0) is 60.0 Å². The van der Waals surface area contributed by atoms with E-state index in [1.165, 1.54) is 10.5 Å². The number of benzene rings is 3. The predicted octanol–water partition coefficient (Wildman–Crippen LogP) is 5.18. The van der Waals surface area contributed by atoms with Gasteiger partial charge in [0, 0.05) is 21.9 Å². The number of carbonyl (C=O) groups excluding carboxylic acids is 1. The molecule has 0 radical (unpaired) electrons. The number of sulfone groups is 1. The Morgan fingerprint density at radius 1 is 0.903 bits per heavy atom. The van der Waals surface area contributed by atoms with Crippen LogP contribution >= 0.6 is 11.8 Å². The molecule has 1 amide bonds. The summed E-state index contributed by atoms with van der Waals surface area (Å²) in [6.07, 6.45) is 0.997. The molecule has 3 aromatic carbocycles. The number of aryl methyl sites for hydroxylation is 1. The average Bonchev–Trinajstić information content (AvgIpc) is 2.80. The topological polar surface area (TPSA) is 75.3 Å². The molecule has 2 N–H and O–H groups in total. The van der Waals surface area contributed by atoms with Gasteiger partial charge in [-0.3, -0.25) is 4.79 Å². The van der Waals surface area contributed by atoms with Crippen LogP contribution in [0.4, 0.5) is 11.4 Å². The molecule has 160 valence electrons. The third kappa shape index (κ3) is 4.62. The van der Waals surface area contributed by atoms with Gasteiger partial charge in [0.2, 0.25) is 0 Å². The van der Waals surface area contributed by atoms with Crippen molar-refractivity contribution in [2.75, 3.05) is 11.1 Å². The van der Waals surface area contributed by atoms with Gasteiger partial charge in [-0.2, -0.15) is 0 Å². The second kappa shape index (κ2) is 8.77. The zero-order chi connectivity index (χ0) is 22.0. The van der Waals surface area contributed by atoms with Crippen molar-refractivity contribution < 1.29 is 13.2 Å². The van der Waals surface area contributed by atoms with E-state index in [-0.39, 0.29) is 11.7 Å². The molecule has 0 saturated carbocycles. The van der Waals surface area contributed by atoms with Crippen LogP contribution in [0.15, 0.2) is 75.4 Å². The molecular formula is C24H24N2O3S2. The lowest BCUT2D eigenvalue weighted by Crippen LogP contribution is -2.23. The fraction of sp³-hybridized carbons (Fsp3) is 0.208. The zero-order valence-corrected chi connectivity index (χ0v) is 19.1. The molecule has 1 aliphatic rings. The van der Waals surface area contributed by atoms with Gasteiger partial charge in [0.15, 0.2) is 9.84 Å². The third-order valence-corrected chi connectivity index (χ3v) is 8.18. The highest BCUT2D eigenvalue weighted by atomic mass is 32.2. The van der Waals surface area contributed by atoms with Crippen LogP contribution in [0, 0.1) is 0 Å². The minimum absolute atomic E-state index is 0.0674. The summed E-state index contributed by atoms with van der Waals surface area (Å²) in [7, 11) is -3.22. The van der Waals surface area contributed by atoms with Crippen molar-refractivity contribution >= 4 is 38.9 Å². The number of amides is 1. The van der Waals surface area contributed by atoms with Crippen LogP contribution in [0.5, 0.6) is 0 Å². The number of hydrogen-bond acceptors (Lipinski definition) is 5. The number of hydrogen-bond donors (Lipinski definition) is 2. The molecule has 0 atom stereocenters. The Labute approximate surface area is 187 Å². The van der Waals surface area contributed by atoms with E-state index < -0.39 is 9.84 Å². The fourth-order valence-corrected chi connectivity index (χ4v) is 5.28. The Morgan fingerprint density at radius 3 is 2.35 bits per heavy atom. The minimum Gasteiger partial charge on any atom is -0.354 e. The molecule has 0 spiro atoms. The Kier molecular flexibility index (Phi) is 6.07. The first-order valence-corrected chi connectivity index (χ1v) is 12.7. The molecule has 0 unspecified atom stereocenters. The van der Waals surface area contributed by atoms with E-state index in [9.17, 15) is 13.2 Å². The highest BCUT2D eigenvalue weighted by molar-refractivity contribution is 7.99. The maximum atomic E-state index is 12.7. The summed E-state index contributed by atoms with van der Waals surface area (Å²) in [5.74, 6) is -0.107. The molecule has 0 aliphatic carbocycles. The Balaban J connectivity index is 1.43. The maximum absolute atomic E-state index is 12.7. The first kappa shape index (κ1) is 21.5. The molecule has 0 bridgehead atoms. The van der Waals surface area contributed by atoms with Crippen molar-refractivity contribution in [3.05, 3.63) is 77.4 Å². The van der Waals surface area contributed by atoms with Gasteiger partial charge < -0.3 is 10.6 Å². The Hall–Kier alpha value is -2.77. The molecule has 31 heavy (non-hydrogen) atoms. The third-order valence-electron chi connectivity index (χ3n) is 5.30. The summed E-state index contributed by atoms with van der Waals surface area (Å²) < 4.78 is 23.8. The van der Waals surface area contributed by atoms with E-state index >= 15 is 0 Å². The van der Waals surface area contributed by atoms with E-state index in [0.717, 1.165) is 28.3 Å². The van der Waals surface area contributed by atoms with Gasteiger partial charge in [-0.25, -0.2) is 8.42 Å². The van der Waals surface area contributed by atoms with Crippen molar-refractivity contribution in [3.8, 4) is 0 Å². The molecule has 1 aliphatic heterocycles. The molecule has 0 aromatic heterocycles.